The van der Waals surface area contributed by atoms with Gasteiger partial charge in [-0.1, -0.05) is 32.9 Å². The van der Waals surface area contributed by atoms with E-state index in [0.717, 1.165) is 18.4 Å². The van der Waals surface area contributed by atoms with E-state index in [9.17, 15) is 4.39 Å². The first-order chi connectivity index (χ1) is 9.77. The third kappa shape index (κ3) is 4.52. The summed E-state index contributed by atoms with van der Waals surface area (Å²) in [6.07, 6.45) is 3.43. The molecule has 3 heteroatoms. The van der Waals surface area contributed by atoms with Gasteiger partial charge in [-0.2, -0.15) is 0 Å². The van der Waals surface area contributed by atoms with Crippen molar-refractivity contribution in [2.24, 2.45) is 17.1 Å². The summed E-state index contributed by atoms with van der Waals surface area (Å²) < 4.78 is 19.4. The minimum absolute atomic E-state index is 0.115. The first-order valence-electron chi connectivity index (χ1n) is 7.93. The molecule has 0 radical (unpaired) electrons. The zero-order valence-corrected chi connectivity index (χ0v) is 13.6. The molecule has 1 aliphatic rings. The molecule has 0 heterocycles. The van der Waals surface area contributed by atoms with Gasteiger partial charge in [0.2, 0.25) is 0 Å². The summed E-state index contributed by atoms with van der Waals surface area (Å²) in [6, 6.07) is 6.39. The summed E-state index contributed by atoms with van der Waals surface area (Å²) in [7, 11) is 0. The van der Waals surface area contributed by atoms with Crippen LogP contribution in [0.5, 0.6) is 0 Å². The summed E-state index contributed by atoms with van der Waals surface area (Å²) in [5, 5.41) is 0. The van der Waals surface area contributed by atoms with E-state index in [-0.39, 0.29) is 24.1 Å². The van der Waals surface area contributed by atoms with Crippen molar-refractivity contribution >= 4 is 0 Å². The lowest BCUT2D eigenvalue weighted by molar-refractivity contribution is -0.0738. The maximum Gasteiger partial charge on any atom is 0.123 e. The predicted molar refractivity (Wildman–Crippen MR) is 84.5 cm³/mol. The highest BCUT2D eigenvalue weighted by Crippen LogP contribution is 2.41. The quantitative estimate of drug-likeness (QED) is 0.890. The van der Waals surface area contributed by atoms with Gasteiger partial charge in [-0.3, -0.25) is 0 Å². The molecule has 0 saturated heterocycles. The number of hydrogen-bond acceptors (Lipinski definition) is 2. The smallest absolute Gasteiger partial charge is 0.123 e. The fourth-order valence-corrected chi connectivity index (χ4v) is 3.73. The Hall–Kier alpha value is -0.930. The van der Waals surface area contributed by atoms with Crippen LogP contribution in [0.2, 0.25) is 0 Å². The Balaban J connectivity index is 2.11. The Kier molecular flexibility index (Phi) is 5.05. The molecule has 0 spiro atoms. The maximum absolute atomic E-state index is 13.1. The van der Waals surface area contributed by atoms with Crippen LogP contribution in [0.25, 0.3) is 0 Å². The van der Waals surface area contributed by atoms with Crippen molar-refractivity contribution in [1.29, 1.82) is 0 Å². The molecule has 1 aliphatic carbocycles. The Morgan fingerprint density at radius 1 is 1.24 bits per heavy atom. The molecule has 0 aliphatic heterocycles. The fourth-order valence-electron chi connectivity index (χ4n) is 3.73. The van der Waals surface area contributed by atoms with Crippen molar-refractivity contribution < 1.29 is 9.13 Å². The van der Waals surface area contributed by atoms with Crippen LogP contribution in [0.4, 0.5) is 4.39 Å². The van der Waals surface area contributed by atoms with Crippen LogP contribution in [-0.4, -0.2) is 12.1 Å². The van der Waals surface area contributed by atoms with Crippen LogP contribution in [0.1, 0.15) is 58.6 Å². The Morgan fingerprint density at radius 2 is 1.86 bits per heavy atom. The van der Waals surface area contributed by atoms with Gasteiger partial charge in [0.1, 0.15) is 5.82 Å². The number of ether oxygens (including phenoxy) is 1. The van der Waals surface area contributed by atoms with Crippen LogP contribution >= 0.6 is 0 Å². The third-order valence-electron chi connectivity index (χ3n) is 4.36. The Bertz CT molecular complexity index is 455. The van der Waals surface area contributed by atoms with Gasteiger partial charge in [0.15, 0.2) is 0 Å². The lowest BCUT2D eigenvalue weighted by Crippen LogP contribution is -2.37. The van der Waals surface area contributed by atoms with Gasteiger partial charge in [-0.15, -0.1) is 0 Å². The van der Waals surface area contributed by atoms with E-state index >= 15 is 0 Å². The van der Waals surface area contributed by atoms with Gasteiger partial charge >= 0.3 is 0 Å². The van der Waals surface area contributed by atoms with Crippen molar-refractivity contribution in [1.82, 2.24) is 0 Å². The molecule has 21 heavy (non-hydrogen) atoms. The van der Waals surface area contributed by atoms with E-state index < -0.39 is 0 Å². The fraction of sp³-hybridized carbons (Fsp3) is 0.667. The van der Waals surface area contributed by atoms with Crippen LogP contribution < -0.4 is 5.73 Å². The first kappa shape index (κ1) is 16.4. The zero-order valence-electron chi connectivity index (χ0n) is 13.6. The van der Waals surface area contributed by atoms with Crippen LogP contribution in [0.3, 0.4) is 0 Å². The van der Waals surface area contributed by atoms with Crippen LogP contribution in [0, 0.1) is 17.2 Å². The zero-order chi connectivity index (χ0) is 15.6. The van der Waals surface area contributed by atoms with Crippen molar-refractivity contribution in [2.75, 3.05) is 0 Å². The monoisotopic (exact) mass is 293 g/mol. The average Bonchev–Trinajstić information content (AvgIpc) is 2.34. The minimum Gasteiger partial charge on any atom is -0.369 e. The molecule has 4 atom stereocenters. The summed E-state index contributed by atoms with van der Waals surface area (Å²) in [6.45, 7) is 8.84. The predicted octanol–water partition coefficient (Wildman–Crippen LogP) is 4.45. The number of nitrogens with two attached hydrogens (primary N) is 1. The van der Waals surface area contributed by atoms with E-state index in [2.05, 4.69) is 20.8 Å². The van der Waals surface area contributed by atoms with E-state index in [1.807, 2.05) is 6.92 Å². The maximum atomic E-state index is 13.1. The van der Waals surface area contributed by atoms with Gasteiger partial charge in [0.05, 0.1) is 12.2 Å². The van der Waals surface area contributed by atoms with E-state index in [0.29, 0.717) is 11.3 Å². The molecule has 4 unspecified atom stereocenters. The Labute approximate surface area is 127 Å². The molecular weight excluding hydrogens is 265 g/mol. The number of rotatable bonds is 4. The highest BCUT2D eigenvalue weighted by atomic mass is 19.1. The van der Waals surface area contributed by atoms with E-state index in [1.165, 1.54) is 18.6 Å². The largest absolute Gasteiger partial charge is 0.369 e. The topological polar surface area (TPSA) is 35.2 Å². The SMILES string of the molecule is CC1CC(OC(c2ccc(F)cc2)C(C)N)CC(C)(C)C1. The van der Waals surface area contributed by atoms with Gasteiger partial charge in [0, 0.05) is 6.04 Å². The molecule has 1 saturated carbocycles. The number of hydrogen-bond donors (Lipinski definition) is 1. The molecule has 2 rings (SSSR count). The molecule has 1 fully saturated rings. The van der Waals surface area contributed by atoms with Crippen molar-refractivity contribution in [2.45, 2.75) is 65.2 Å². The van der Waals surface area contributed by atoms with Crippen molar-refractivity contribution in [3.63, 3.8) is 0 Å². The standard InChI is InChI=1S/C18H28FNO/c1-12-9-16(11-18(3,4)10-12)21-17(13(2)20)14-5-7-15(19)8-6-14/h5-8,12-13,16-17H,9-11,20H2,1-4H3. The lowest BCUT2D eigenvalue weighted by Gasteiger charge is -2.40. The highest BCUT2D eigenvalue weighted by Gasteiger charge is 2.34. The second kappa shape index (κ2) is 6.45. The van der Waals surface area contributed by atoms with Gasteiger partial charge in [0.25, 0.3) is 0 Å². The lowest BCUT2D eigenvalue weighted by atomic mass is 9.71. The van der Waals surface area contributed by atoms with Crippen LogP contribution in [-0.2, 0) is 4.74 Å². The summed E-state index contributed by atoms with van der Waals surface area (Å²) >= 11 is 0. The average molecular weight is 293 g/mol. The second-order valence-corrected chi connectivity index (χ2v) is 7.50. The molecule has 1 aromatic rings. The molecule has 2 nitrogen and oxygen atoms in total. The normalized spacial score (nSPS) is 28.1. The highest BCUT2D eigenvalue weighted by molar-refractivity contribution is 5.20. The second-order valence-electron chi connectivity index (χ2n) is 7.50. The molecule has 0 amide bonds. The van der Waals surface area contributed by atoms with Crippen molar-refractivity contribution in [3.8, 4) is 0 Å². The molecule has 0 bridgehead atoms. The molecule has 1 aromatic carbocycles. The summed E-state index contributed by atoms with van der Waals surface area (Å²) in [5.74, 6) is 0.440. The summed E-state index contributed by atoms with van der Waals surface area (Å²) in [4.78, 5) is 0. The van der Waals surface area contributed by atoms with Crippen LogP contribution in [0.15, 0.2) is 24.3 Å². The number of benzene rings is 1. The Morgan fingerprint density at radius 3 is 2.38 bits per heavy atom. The van der Waals surface area contributed by atoms with E-state index in [1.54, 1.807) is 12.1 Å². The van der Waals surface area contributed by atoms with Gasteiger partial charge in [-0.25, -0.2) is 4.39 Å². The minimum atomic E-state index is -0.227. The first-order valence-corrected chi connectivity index (χ1v) is 7.93. The van der Waals surface area contributed by atoms with E-state index in [4.69, 9.17) is 10.5 Å². The molecule has 118 valence electrons. The van der Waals surface area contributed by atoms with Crippen molar-refractivity contribution in [3.05, 3.63) is 35.6 Å². The molecule has 2 N–H and O–H groups in total. The third-order valence-corrected chi connectivity index (χ3v) is 4.36. The molecule has 0 aromatic heterocycles. The van der Waals surface area contributed by atoms with Gasteiger partial charge in [-0.05, 0) is 55.2 Å². The van der Waals surface area contributed by atoms with Gasteiger partial charge < -0.3 is 10.5 Å². The number of halogens is 1. The molecular formula is C18H28FNO. The summed E-state index contributed by atoms with van der Waals surface area (Å²) in [5.41, 5.74) is 7.38.